The quantitative estimate of drug-likeness (QED) is 0.364. The van der Waals surface area contributed by atoms with Gasteiger partial charge in [-0.15, -0.1) is 0 Å². The second kappa shape index (κ2) is 10.7. The monoisotopic (exact) mass is 612 g/mol. The molecule has 2 heterocycles. The molecule has 12 heteroatoms. The zero-order valence-corrected chi connectivity index (χ0v) is 23.7. The van der Waals surface area contributed by atoms with E-state index in [4.69, 9.17) is 16.3 Å². The molecule has 3 aromatic rings. The van der Waals surface area contributed by atoms with Crippen molar-refractivity contribution in [3.8, 4) is 22.6 Å². The van der Waals surface area contributed by atoms with Gasteiger partial charge in [0.05, 0.1) is 15.2 Å². The smallest absolute Gasteiger partial charge is 0.407 e. The molecule has 1 aliphatic rings. The van der Waals surface area contributed by atoms with E-state index in [0.717, 1.165) is 0 Å². The molecule has 1 aliphatic heterocycles. The highest BCUT2D eigenvalue weighted by Gasteiger charge is 2.34. The van der Waals surface area contributed by atoms with Gasteiger partial charge >= 0.3 is 6.09 Å². The summed E-state index contributed by atoms with van der Waals surface area (Å²) < 4.78 is 47.8. The van der Waals surface area contributed by atoms with Crippen molar-refractivity contribution >= 4 is 43.6 Å². The number of ether oxygens (including phenoxy) is 1. The summed E-state index contributed by atoms with van der Waals surface area (Å²) in [6.45, 7) is 6.19. The van der Waals surface area contributed by atoms with Crippen LogP contribution in [-0.4, -0.2) is 54.0 Å². The maximum absolute atomic E-state index is 14.0. The van der Waals surface area contributed by atoms with Crippen LogP contribution in [0.15, 0.2) is 52.0 Å². The minimum Gasteiger partial charge on any atom is -0.444 e. The Morgan fingerprint density at radius 1 is 1.27 bits per heavy atom. The number of aromatic nitrogens is 2. The minimum absolute atomic E-state index is 0.0277. The largest absolute Gasteiger partial charge is 0.444 e. The van der Waals surface area contributed by atoms with Crippen LogP contribution >= 0.6 is 27.5 Å². The number of imidazole rings is 1. The van der Waals surface area contributed by atoms with Crippen LogP contribution in [0.2, 0.25) is 5.02 Å². The maximum atomic E-state index is 14.0. The number of carbonyl (C=O) groups excluding carboxylic acids is 1. The Morgan fingerprint density at radius 2 is 2.00 bits per heavy atom. The van der Waals surface area contributed by atoms with E-state index in [9.17, 15) is 17.6 Å². The lowest BCUT2D eigenvalue weighted by molar-refractivity contribution is 0.0520. The number of benzene rings is 2. The predicted octanol–water partition coefficient (Wildman–Crippen LogP) is 5.83. The van der Waals surface area contributed by atoms with E-state index in [0.29, 0.717) is 46.6 Å². The third-order valence-electron chi connectivity index (χ3n) is 5.80. The van der Waals surface area contributed by atoms with Crippen molar-refractivity contribution in [1.82, 2.24) is 19.6 Å². The first kappa shape index (κ1) is 27.6. The molecule has 1 fully saturated rings. The molecule has 1 aromatic heterocycles. The predicted molar refractivity (Wildman–Crippen MR) is 143 cm³/mol. The van der Waals surface area contributed by atoms with Gasteiger partial charge in [0.25, 0.3) is 0 Å². The van der Waals surface area contributed by atoms with Crippen LogP contribution in [0.5, 0.6) is 0 Å². The molecule has 1 saturated heterocycles. The molecule has 1 atom stereocenters. The van der Waals surface area contributed by atoms with Crippen molar-refractivity contribution in [1.29, 1.82) is 0 Å². The van der Waals surface area contributed by atoms with E-state index < -0.39 is 27.5 Å². The third-order valence-corrected chi connectivity index (χ3v) is 8.79. The number of alkyl carbamates (subject to hydrolysis) is 1. The molecule has 4 rings (SSSR count). The zero-order chi connectivity index (χ0) is 27.0. The number of sulfonamides is 1. The first-order chi connectivity index (χ1) is 17.3. The van der Waals surface area contributed by atoms with Crippen LogP contribution in [0, 0.1) is 11.7 Å². The summed E-state index contributed by atoms with van der Waals surface area (Å²) in [5.41, 5.74) is 1.00. The van der Waals surface area contributed by atoms with Gasteiger partial charge in [0.1, 0.15) is 22.1 Å². The summed E-state index contributed by atoms with van der Waals surface area (Å²) in [6.07, 6.45) is 1.69. The molecule has 0 saturated carbocycles. The van der Waals surface area contributed by atoms with Gasteiger partial charge in [-0.05, 0) is 79.4 Å². The number of hydrogen-bond donors (Lipinski definition) is 2. The second-order valence-corrected chi connectivity index (χ2v) is 13.0. The molecule has 2 N–H and O–H groups in total. The number of halogens is 3. The van der Waals surface area contributed by atoms with Crippen LogP contribution < -0.4 is 5.32 Å². The fourth-order valence-electron chi connectivity index (χ4n) is 3.98. The molecule has 0 spiro atoms. The van der Waals surface area contributed by atoms with E-state index in [2.05, 4.69) is 31.2 Å². The lowest BCUT2D eigenvalue weighted by Crippen LogP contribution is -2.36. The second-order valence-electron chi connectivity index (χ2n) is 9.81. The molecule has 1 amide bonds. The highest BCUT2D eigenvalue weighted by Crippen LogP contribution is 2.33. The van der Waals surface area contributed by atoms with E-state index in [-0.39, 0.29) is 22.4 Å². The SMILES string of the molecule is CC(C)(C)OC(=O)NCC1CCN(S(=O)(=O)c2cc(-c3nc(-c4ccc(Br)c(F)c4)c[nH]3)ccc2Cl)C1. The first-order valence-electron chi connectivity index (χ1n) is 11.6. The van der Waals surface area contributed by atoms with Gasteiger partial charge in [0.2, 0.25) is 10.0 Å². The number of rotatable bonds is 6. The fraction of sp³-hybridized carbons (Fsp3) is 0.360. The van der Waals surface area contributed by atoms with Crippen molar-refractivity contribution in [2.75, 3.05) is 19.6 Å². The summed E-state index contributed by atoms with van der Waals surface area (Å²) in [5, 5.41) is 2.81. The van der Waals surface area contributed by atoms with Crippen molar-refractivity contribution in [3.05, 3.63) is 57.9 Å². The van der Waals surface area contributed by atoms with Gasteiger partial charge in [-0.2, -0.15) is 4.31 Å². The average molecular weight is 614 g/mol. The van der Waals surface area contributed by atoms with Crippen LogP contribution in [0.4, 0.5) is 9.18 Å². The van der Waals surface area contributed by atoms with Crippen LogP contribution in [0.25, 0.3) is 22.6 Å². The number of amides is 1. The molecular formula is C25H27BrClFN4O4S. The molecule has 198 valence electrons. The number of carbonyl (C=O) groups is 1. The third kappa shape index (κ3) is 6.51. The average Bonchev–Trinajstić information content (AvgIpc) is 3.49. The lowest BCUT2D eigenvalue weighted by atomic mass is 10.1. The Balaban J connectivity index is 1.49. The topological polar surface area (TPSA) is 104 Å². The Labute approximate surface area is 228 Å². The van der Waals surface area contributed by atoms with Crippen LogP contribution in [0.1, 0.15) is 27.2 Å². The molecule has 0 aliphatic carbocycles. The standard InChI is InChI=1S/C25H27BrClFN4O4S/c1-25(2,3)36-24(33)30-12-15-8-9-32(14-15)37(34,35)22-11-17(5-7-19(22)27)23-29-13-21(31-23)16-4-6-18(26)20(28)10-16/h4-7,10-11,13,15H,8-9,12,14H2,1-3H3,(H,29,31)(H,30,33). The number of hydrogen-bond acceptors (Lipinski definition) is 5. The Morgan fingerprint density at radius 3 is 2.70 bits per heavy atom. The first-order valence-corrected chi connectivity index (χ1v) is 14.2. The normalized spacial score (nSPS) is 16.6. The van der Waals surface area contributed by atoms with E-state index in [1.165, 1.54) is 22.5 Å². The van der Waals surface area contributed by atoms with Crippen molar-refractivity contribution in [2.45, 2.75) is 37.7 Å². The summed E-state index contributed by atoms with van der Waals surface area (Å²) in [6, 6.07) is 9.36. The number of H-pyrrole nitrogens is 1. The van der Waals surface area contributed by atoms with Crippen molar-refractivity contribution < 1.29 is 22.3 Å². The van der Waals surface area contributed by atoms with Gasteiger partial charge in [-0.1, -0.05) is 17.7 Å². The summed E-state index contributed by atoms with van der Waals surface area (Å²) >= 11 is 9.46. The number of aromatic amines is 1. The Hall–Kier alpha value is -2.47. The molecule has 37 heavy (non-hydrogen) atoms. The highest BCUT2D eigenvalue weighted by atomic mass is 79.9. The summed E-state index contributed by atoms with van der Waals surface area (Å²) in [4.78, 5) is 19.4. The molecule has 0 bridgehead atoms. The molecule has 8 nitrogen and oxygen atoms in total. The summed E-state index contributed by atoms with van der Waals surface area (Å²) in [7, 11) is -3.89. The van der Waals surface area contributed by atoms with E-state index in [1.807, 2.05) is 0 Å². The van der Waals surface area contributed by atoms with Crippen LogP contribution in [0.3, 0.4) is 0 Å². The van der Waals surface area contributed by atoms with Gasteiger partial charge in [-0.25, -0.2) is 22.6 Å². The highest BCUT2D eigenvalue weighted by molar-refractivity contribution is 9.10. The maximum Gasteiger partial charge on any atom is 0.407 e. The van der Waals surface area contributed by atoms with Gasteiger partial charge < -0.3 is 15.0 Å². The van der Waals surface area contributed by atoms with Crippen molar-refractivity contribution in [3.63, 3.8) is 0 Å². The van der Waals surface area contributed by atoms with Gasteiger partial charge in [0, 0.05) is 37.0 Å². The Kier molecular flexibility index (Phi) is 7.99. The van der Waals surface area contributed by atoms with Gasteiger partial charge in [-0.3, -0.25) is 0 Å². The molecule has 1 unspecified atom stereocenters. The lowest BCUT2D eigenvalue weighted by Gasteiger charge is -2.21. The fourth-order valence-corrected chi connectivity index (χ4v) is 6.26. The van der Waals surface area contributed by atoms with E-state index in [1.54, 1.807) is 45.2 Å². The zero-order valence-electron chi connectivity index (χ0n) is 20.5. The molecular weight excluding hydrogens is 587 g/mol. The van der Waals surface area contributed by atoms with Crippen molar-refractivity contribution in [2.24, 2.45) is 5.92 Å². The number of nitrogens with one attached hydrogen (secondary N) is 2. The van der Waals surface area contributed by atoms with E-state index >= 15 is 0 Å². The minimum atomic E-state index is -3.89. The van der Waals surface area contributed by atoms with Crippen LogP contribution in [-0.2, 0) is 14.8 Å². The molecule has 2 aromatic carbocycles. The molecule has 0 radical (unpaired) electrons. The summed E-state index contributed by atoms with van der Waals surface area (Å²) in [5.74, 6) is -0.0392. The number of nitrogens with zero attached hydrogens (tertiary/aromatic N) is 2. The van der Waals surface area contributed by atoms with Gasteiger partial charge in [0.15, 0.2) is 0 Å². The Bertz CT molecular complexity index is 1420.